The molecule has 0 aromatic heterocycles. The van der Waals surface area contributed by atoms with Crippen LogP contribution in [0, 0.1) is 0 Å². The van der Waals surface area contributed by atoms with Gasteiger partial charge in [0.1, 0.15) is 0 Å². The van der Waals surface area contributed by atoms with E-state index in [1.165, 1.54) is 0 Å². The van der Waals surface area contributed by atoms with Crippen LogP contribution in [-0.4, -0.2) is 16.9 Å². The summed E-state index contributed by atoms with van der Waals surface area (Å²) in [5.41, 5.74) is 0.791. The Morgan fingerprint density at radius 2 is 1.87 bits per heavy atom. The van der Waals surface area contributed by atoms with E-state index >= 15 is 0 Å². The van der Waals surface area contributed by atoms with Gasteiger partial charge >= 0.3 is 5.97 Å². The molecule has 1 N–H and O–H groups in total. The third kappa shape index (κ3) is 3.53. The van der Waals surface area contributed by atoms with Crippen LogP contribution in [0.5, 0.6) is 0 Å². The number of hydrogen-bond donors (Lipinski definition) is 1. The molecule has 0 atom stereocenters. The highest BCUT2D eigenvalue weighted by Gasteiger charge is 2.11. The molecule has 0 unspecified atom stereocenters. The van der Waals surface area contributed by atoms with E-state index in [0.717, 1.165) is 5.56 Å². The number of Topliss-reactive ketones (excluding diaryl/α,β-unsaturated/α-hetero) is 1. The van der Waals surface area contributed by atoms with Crippen molar-refractivity contribution in [2.45, 2.75) is 12.8 Å². The summed E-state index contributed by atoms with van der Waals surface area (Å²) < 4.78 is 0. The molecule has 0 radical (unpaired) electrons. The number of carbonyl (C=O) groups is 2. The van der Waals surface area contributed by atoms with E-state index in [9.17, 15) is 9.59 Å². The van der Waals surface area contributed by atoms with Crippen molar-refractivity contribution in [2.24, 2.45) is 0 Å². The van der Waals surface area contributed by atoms with Crippen molar-refractivity contribution in [1.29, 1.82) is 0 Å². The first-order valence-corrected chi connectivity index (χ1v) is 4.96. The van der Waals surface area contributed by atoms with Gasteiger partial charge in [-0.2, -0.15) is 0 Å². The molecule has 0 saturated carbocycles. The van der Waals surface area contributed by atoms with Crippen LogP contribution < -0.4 is 0 Å². The van der Waals surface area contributed by atoms with Crippen molar-refractivity contribution in [2.75, 3.05) is 0 Å². The topological polar surface area (TPSA) is 54.4 Å². The Balaban J connectivity index is 2.62. The SMILES string of the molecule is O=C(O)C(=O)CCc1ccc(Cl)c(Cl)c1. The second-order valence-electron chi connectivity index (χ2n) is 2.98. The number of benzene rings is 1. The van der Waals surface area contributed by atoms with Gasteiger partial charge < -0.3 is 5.11 Å². The largest absolute Gasteiger partial charge is 0.476 e. The normalized spacial score (nSPS) is 10.0. The number of carboxylic acid groups (broad SMARTS) is 1. The summed E-state index contributed by atoms with van der Waals surface area (Å²) in [5, 5.41) is 9.20. The van der Waals surface area contributed by atoms with Crippen LogP contribution in [0.1, 0.15) is 12.0 Å². The van der Waals surface area contributed by atoms with Gasteiger partial charge in [-0.05, 0) is 24.1 Å². The van der Waals surface area contributed by atoms with Crippen LogP contribution in [0.25, 0.3) is 0 Å². The van der Waals surface area contributed by atoms with Gasteiger partial charge in [0.05, 0.1) is 10.0 Å². The molecule has 1 aromatic carbocycles. The van der Waals surface area contributed by atoms with Crippen molar-refractivity contribution in [1.82, 2.24) is 0 Å². The minimum atomic E-state index is -1.41. The van der Waals surface area contributed by atoms with Crippen molar-refractivity contribution in [3.63, 3.8) is 0 Å². The van der Waals surface area contributed by atoms with E-state index in [1.807, 2.05) is 0 Å². The Morgan fingerprint density at radius 3 is 2.40 bits per heavy atom. The molecule has 15 heavy (non-hydrogen) atoms. The van der Waals surface area contributed by atoms with Gasteiger partial charge in [-0.1, -0.05) is 29.3 Å². The van der Waals surface area contributed by atoms with Crippen molar-refractivity contribution >= 4 is 35.0 Å². The van der Waals surface area contributed by atoms with Crippen LogP contribution in [0.4, 0.5) is 0 Å². The van der Waals surface area contributed by atoms with Crippen LogP contribution in [-0.2, 0) is 16.0 Å². The maximum atomic E-state index is 10.8. The molecule has 1 aromatic rings. The van der Waals surface area contributed by atoms with Crippen LogP contribution in [0.2, 0.25) is 10.0 Å². The Hall–Kier alpha value is -1.06. The van der Waals surface area contributed by atoms with E-state index in [1.54, 1.807) is 18.2 Å². The molecule has 1 rings (SSSR count). The Kier molecular flexibility index (Phi) is 4.12. The lowest BCUT2D eigenvalue weighted by Crippen LogP contribution is -2.12. The van der Waals surface area contributed by atoms with E-state index in [-0.39, 0.29) is 6.42 Å². The second kappa shape index (κ2) is 5.14. The van der Waals surface area contributed by atoms with Crippen LogP contribution in [0.3, 0.4) is 0 Å². The van der Waals surface area contributed by atoms with Gasteiger partial charge in [0.15, 0.2) is 0 Å². The molecule has 5 heteroatoms. The van der Waals surface area contributed by atoms with Gasteiger partial charge in [-0.15, -0.1) is 0 Å². The molecule has 0 bridgehead atoms. The number of halogens is 2. The predicted octanol–water partition coefficient (Wildman–Crippen LogP) is 2.58. The number of aryl methyl sites for hydroxylation is 1. The van der Waals surface area contributed by atoms with Crippen molar-refractivity contribution in [3.05, 3.63) is 33.8 Å². The summed E-state index contributed by atoms with van der Waals surface area (Å²) in [4.78, 5) is 21.1. The van der Waals surface area contributed by atoms with Crippen LogP contribution in [0.15, 0.2) is 18.2 Å². The summed E-state index contributed by atoms with van der Waals surface area (Å²) in [6.45, 7) is 0. The van der Waals surface area contributed by atoms with Gasteiger partial charge in [0.25, 0.3) is 0 Å². The summed E-state index contributed by atoms with van der Waals surface area (Å²) in [7, 11) is 0. The zero-order valence-electron chi connectivity index (χ0n) is 7.67. The zero-order chi connectivity index (χ0) is 11.4. The first kappa shape index (κ1) is 12.0. The second-order valence-corrected chi connectivity index (χ2v) is 3.79. The fraction of sp³-hybridized carbons (Fsp3) is 0.200. The molecule has 0 aliphatic carbocycles. The Labute approximate surface area is 96.6 Å². The molecule has 0 amide bonds. The zero-order valence-corrected chi connectivity index (χ0v) is 9.18. The highest BCUT2D eigenvalue weighted by molar-refractivity contribution is 6.42. The molecule has 0 spiro atoms. The van der Waals surface area contributed by atoms with Gasteiger partial charge in [0, 0.05) is 6.42 Å². The highest BCUT2D eigenvalue weighted by atomic mass is 35.5. The molecule has 80 valence electrons. The first-order chi connectivity index (χ1) is 7.00. The average Bonchev–Trinajstić information content (AvgIpc) is 2.19. The monoisotopic (exact) mass is 246 g/mol. The lowest BCUT2D eigenvalue weighted by molar-refractivity contribution is -0.149. The number of carboxylic acids is 1. The predicted molar refractivity (Wildman–Crippen MR) is 57.4 cm³/mol. The third-order valence-electron chi connectivity index (χ3n) is 1.86. The molecule has 0 fully saturated rings. The van der Waals surface area contributed by atoms with Gasteiger partial charge in [-0.25, -0.2) is 4.79 Å². The third-order valence-corrected chi connectivity index (χ3v) is 2.60. The molecule has 0 saturated heterocycles. The minimum Gasteiger partial charge on any atom is -0.476 e. The fourth-order valence-corrected chi connectivity index (χ4v) is 1.38. The van der Waals surface area contributed by atoms with Crippen molar-refractivity contribution < 1.29 is 14.7 Å². The minimum absolute atomic E-state index is 0.0344. The molecule has 3 nitrogen and oxygen atoms in total. The van der Waals surface area contributed by atoms with Crippen molar-refractivity contribution in [3.8, 4) is 0 Å². The van der Waals surface area contributed by atoms with Gasteiger partial charge in [-0.3, -0.25) is 4.79 Å². The van der Waals surface area contributed by atoms with E-state index < -0.39 is 11.8 Å². The van der Waals surface area contributed by atoms with E-state index in [2.05, 4.69) is 0 Å². The highest BCUT2D eigenvalue weighted by Crippen LogP contribution is 2.23. The first-order valence-electron chi connectivity index (χ1n) is 4.20. The summed E-state index contributed by atoms with van der Waals surface area (Å²) in [5.74, 6) is -2.21. The number of hydrogen-bond acceptors (Lipinski definition) is 2. The van der Waals surface area contributed by atoms with E-state index in [4.69, 9.17) is 28.3 Å². The fourth-order valence-electron chi connectivity index (χ4n) is 1.06. The molecule has 0 aliphatic rings. The molecule has 0 aliphatic heterocycles. The quantitative estimate of drug-likeness (QED) is 0.832. The van der Waals surface area contributed by atoms with Crippen LogP contribution >= 0.6 is 23.2 Å². The van der Waals surface area contributed by atoms with E-state index in [0.29, 0.717) is 16.5 Å². The van der Waals surface area contributed by atoms with Gasteiger partial charge in [0.2, 0.25) is 5.78 Å². The summed E-state index contributed by atoms with van der Waals surface area (Å²) in [6.07, 6.45) is 0.315. The maximum Gasteiger partial charge on any atom is 0.372 e. The number of ketones is 1. The Bertz CT molecular complexity index is 402. The lowest BCUT2D eigenvalue weighted by Gasteiger charge is -2.01. The Morgan fingerprint density at radius 1 is 1.20 bits per heavy atom. The summed E-state index contributed by atoms with van der Waals surface area (Å²) in [6, 6.07) is 4.95. The molecule has 0 heterocycles. The number of aliphatic carboxylic acids is 1. The molecular weight excluding hydrogens is 239 g/mol. The lowest BCUT2D eigenvalue weighted by atomic mass is 10.1. The molecular formula is C10H8Cl2O3. The smallest absolute Gasteiger partial charge is 0.372 e. The number of rotatable bonds is 4. The maximum absolute atomic E-state index is 10.8. The number of carbonyl (C=O) groups excluding carboxylic acids is 1. The standard InChI is InChI=1S/C10H8Cl2O3/c11-7-3-1-6(5-8(7)12)2-4-9(13)10(14)15/h1,3,5H,2,4H2,(H,14,15). The average molecular weight is 247 g/mol. The summed E-state index contributed by atoms with van der Waals surface area (Å²) >= 11 is 11.5.